The average Bonchev–Trinajstić information content (AvgIpc) is 2.17. The second-order valence-corrected chi connectivity index (χ2v) is 4.97. The molecule has 1 saturated heterocycles. The zero-order valence-electron chi connectivity index (χ0n) is 8.35. The Morgan fingerprint density at radius 2 is 1.87 bits per heavy atom. The molecule has 0 aromatic rings. The van der Waals surface area contributed by atoms with Crippen LogP contribution < -0.4 is 0 Å². The topological polar surface area (TPSA) is 29.5 Å². The van der Waals surface area contributed by atoms with Crippen molar-refractivity contribution in [1.82, 2.24) is 0 Å². The van der Waals surface area contributed by atoms with Crippen molar-refractivity contribution < 1.29 is 23.0 Å². The number of aliphatic hydroxyl groups is 1. The van der Waals surface area contributed by atoms with Gasteiger partial charge in [-0.05, 0) is 24.7 Å². The molecular formula is C9H15F3O2S. The van der Waals surface area contributed by atoms with Gasteiger partial charge in [-0.25, -0.2) is 0 Å². The van der Waals surface area contributed by atoms with Crippen LogP contribution in [0.2, 0.25) is 0 Å². The molecule has 1 fully saturated rings. The van der Waals surface area contributed by atoms with E-state index in [1.807, 2.05) is 0 Å². The molecule has 0 spiro atoms. The van der Waals surface area contributed by atoms with Crippen LogP contribution in [0, 0.1) is 5.41 Å². The van der Waals surface area contributed by atoms with Crippen molar-refractivity contribution in [3.05, 3.63) is 0 Å². The number of aliphatic hydroxyl groups excluding tert-OH is 1. The van der Waals surface area contributed by atoms with Gasteiger partial charge in [-0.3, -0.25) is 0 Å². The highest BCUT2D eigenvalue weighted by Crippen LogP contribution is 2.38. The number of hydrogen-bond donors (Lipinski definition) is 1. The van der Waals surface area contributed by atoms with E-state index < -0.39 is 5.51 Å². The summed E-state index contributed by atoms with van der Waals surface area (Å²) in [4.78, 5) is 0. The summed E-state index contributed by atoms with van der Waals surface area (Å²) >= 11 is -0.0108. The van der Waals surface area contributed by atoms with Crippen LogP contribution in [0.15, 0.2) is 0 Å². The largest absolute Gasteiger partial charge is 0.441 e. The van der Waals surface area contributed by atoms with Gasteiger partial charge in [-0.15, -0.1) is 0 Å². The highest BCUT2D eigenvalue weighted by Gasteiger charge is 2.34. The van der Waals surface area contributed by atoms with Crippen LogP contribution in [-0.2, 0) is 4.74 Å². The molecule has 1 N–H and O–H groups in total. The average molecular weight is 244 g/mol. The summed E-state index contributed by atoms with van der Waals surface area (Å²) in [5.74, 6) is 0.0179. The van der Waals surface area contributed by atoms with Crippen LogP contribution in [0.25, 0.3) is 0 Å². The van der Waals surface area contributed by atoms with E-state index in [0.717, 1.165) is 0 Å². The minimum atomic E-state index is -4.16. The van der Waals surface area contributed by atoms with Gasteiger partial charge in [-0.1, -0.05) is 11.8 Å². The fraction of sp³-hybridized carbons (Fsp3) is 1.00. The van der Waals surface area contributed by atoms with Crippen molar-refractivity contribution in [2.45, 2.75) is 24.8 Å². The van der Waals surface area contributed by atoms with Crippen LogP contribution >= 0.6 is 11.8 Å². The summed E-state index contributed by atoms with van der Waals surface area (Å²) in [6.45, 7) is 1.03. The molecule has 0 bridgehead atoms. The van der Waals surface area contributed by atoms with Crippen LogP contribution in [0.5, 0.6) is 0 Å². The molecule has 0 amide bonds. The summed E-state index contributed by atoms with van der Waals surface area (Å²) in [5.41, 5.74) is -4.52. The number of rotatable bonds is 4. The third-order valence-electron chi connectivity index (χ3n) is 2.79. The van der Waals surface area contributed by atoms with Crippen molar-refractivity contribution in [1.29, 1.82) is 0 Å². The molecule has 6 heteroatoms. The molecular weight excluding hydrogens is 229 g/mol. The Hall–Kier alpha value is 0.0600. The van der Waals surface area contributed by atoms with Crippen molar-refractivity contribution in [2.75, 3.05) is 25.6 Å². The minimum absolute atomic E-state index is 0.0108. The van der Waals surface area contributed by atoms with E-state index in [1.54, 1.807) is 0 Å². The molecule has 0 aliphatic carbocycles. The molecule has 0 aromatic carbocycles. The van der Waals surface area contributed by atoms with Crippen LogP contribution in [-0.4, -0.2) is 36.2 Å². The third kappa shape index (κ3) is 4.61. The second-order valence-electron chi connectivity index (χ2n) is 3.81. The number of alkyl halides is 3. The first-order valence-corrected chi connectivity index (χ1v) is 5.85. The Morgan fingerprint density at radius 1 is 1.27 bits per heavy atom. The summed E-state index contributed by atoms with van der Waals surface area (Å²) in [5, 5.41) is 9.22. The quantitative estimate of drug-likeness (QED) is 0.823. The Morgan fingerprint density at radius 3 is 2.33 bits per heavy atom. The fourth-order valence-corrected chi connectivity index (χ4v) is 2.44. The molecule has 0 unspecified atom stereocenters. The van der Waals surface area contributed by atoms with Gasteiger partial charge in [0.2, 0.25) is 0 Å². The van der Waals surface area contributed by atoms with E-state index in [2.05, 4.69) is 0 Å². The molecule has 2 nitrogen and oxygen atoms in total. The van der Waals surface area contributed by atoms with E-state index >= 15 is 0 Å². The van der Waals surface area contributed by atoms with Gasteiger partial charge < -0.3 is 9.84 Å². The second kappa shape index (κ2) is 5.41. The summed E-state index contributed by atoms with van der Waals surface area (Å²) in [6, 6.07) is 0. The zero-order chi connectivity index (χ0) is 11.4. The van der Waals surface area contributed by atoms with Crippen LogP contribution in [0.1, 0.15) is 19.3 Å². The highest BCUT2D eigenvalue weighted by atomic mass is 32.2. The van der Waals surface area contributed by atoms with Gasteiger partial charge in [0.1, 0.15) is 0 Å². The first-order valence-electron chi connectivity index (χ1n) is 4.87. The van der Waals surface area contributed by atoms with E-state index in [4.69, 9.17) is 4.74 Å². The van der Waals surface area contributed by atoms with Gasteiger partial charge in [0.15, 0.2) is 0 Å². The maximum atomic E-state index is 11.9. The number of ether oxygens (including phenoxy) is 1. The van der Waals surface area contributed by atoms with Crippen molar-refractivity contribution >= 4 is 11.8 Å². The normalized spacial score (nSPS) is 21.6. The lowest BCUT2D eigenvalue weighted by Crippen LogP contribution is -2.33. The van der Waals surface area contributed by atoms with Crippen molar-refractivity contribution in [3.8, 4) is 0 Å². The molecule has 1 rings (SSSR count). The standard InChI is InChI=1S/C9H15F3O2S/c10-9(11,12)15-6-3-8(7-13)1-4-14-5-2-8/h13H,1-7H2. The van der Waals surface area contributed by atoms with Crippen molar-refractivity contribution in [2.24, 2.45) is 5.41 Å². The Labute approximate surface area is 91.2 Å². The molecule has 1 heterocycles. The third-order valence-corrected chi connectivity index (χ3v) is 3.52. The first-order chi connectivity index (χ1) is 6.97. The monoisotopic (exact) mass is 244 g/mol. The highest BCUT2D eigenvalue weighted by molar-refractivity contribution is 8.00. The molecule has 0 radical (unpaired) electrons. The molecule has 90 valence electrons. The molecule has 15 heavy (non-hydrogen) atoms. The first kappa shape index (κ1) is 13.1. The smallest absolute Gasteiger partial charge is 0.396 e. The lowest BCUT2D eigenvalue weighted by atomic mass is 9.79. The predicted octanol–water partition coefficient (Wildman–Crippen LogP) is 2.42. The SMILES string of the molecule is OCC1(CCSC(F)(F)F)CCOCC1. The van der Waals surface area contributed by atoms with Gasteiger partial charge >= 0.3 is 5.51 Å². The molecule has 1 aliphatic rings. The van der Waals surface area contributed by atoms with Gasteiger partial charge in [-0.2, -0.15) is 13.2 Å². The maximum Gasteiger partial charge on any atom is 0.441 e. The predicted molar refractivity (Wildman–Crippen MR) is 52.7 cm³/mol. The van der Waals surface area contributed by atoms with E-state index in [1.165, 1.54) is 0 Å². The Kier molecular flexibility index (Phi) is 4.73. The summed E-state index contributed by atoms with van der Waals surface area (Å²) in [7, 11) is 0. The zero-order valence-corrected chi connectivity index (χ0v) is 9.16. The van der Waals surface area contributed by atoms with Crippen molar-refractivity contribution in [3.63, 3.8) is 0 Å². The lowest BCUT2D eigenvalue weighted by Gasteiger charge is -2.35. The van der Waals surface area contributed by atoms with Crippen LogP contribution in [0.3, 0.4) is 0 Å². The van der Waals surface area contributed by atoms with Gasteiger partial charge in [0.05, 0.1) is 0 Å². The Balaban J connectivity index is 2.33. The fourth-order valence-electron chi connectivity index (χ4n) is 1.67. The number of thioether (sulfide) groups is 1. The summed E-state index contributed by atoms with van der Waals surface area (Å²) in [6.07, 6.45) is 1.71. The molecule has 1 aliphatic heterocycles. The van der Waals surface area contributed by atoms with Gasteiger partial charge in [0, 0.05) is 25.6 Å². The molecule has 0 aromatic heterocycles. The number of halogens is 3. The van der Waals surface area contributed by atoms with E-state index in [9.17, 15) is 18.3 Å². The number of hydrogen-bond acceptors (Lipinski definition) is 3. The Bertz CT molecular complexity index is 190. The minimum Gasteiger partial charge on any atom is -0.396 e. The molecule has 0 atom stereocenters. The lowest BCUT2D eigenvalue weighted by molar-refractivity contribution is -0.0342. The maximum absolute atomic E-state index is 11.9. The van der Waals surface area contributed by atoms with Gasteiger partial charge in [0.25, 0.3) is 0 Å². The van der Waals surface area contributed by atoms with E-state index in [-0.39, 0.29) is 29.5 Å². The molecule has 0 saturated carbocycles. The van der Waals surface area contributed by atoms with Crippen LogP contribution in [0.4, 0.5) is 13.2 Å². The summed E-state index contributed by atoms with van der Waals surface area (Å²) < 4.78 is 40.9. The van der Waals surface area contributed by atoms with E-state index in [0.29, 0.717) is 32.5 Å².